The van der Waals surface area contributed by atoms with E-state index in [4.69, 9.17) is 14.6 Å². The Kier molecular flexibility index (Phi) is 7.13. The summed E-state index contributed by atoms with van der Waals surface area (Å²) in [4.78, 5) is 34.1. The number of benzene rings is 1. The minimum absolute atomic E-state index is 0.210. The zero-order chi connectivity index (χ0) is 28.8. The van der Waals surface area contributed by atoms with Gasteiger partial charge in [0.25, 0.3) is 5.91 Å². The third-order valence-electron chi connectivity index (χ3n) is 8.55. The first kappa shape index (κ1) is 27.5. The number of aryl methyl sites for hydroxylation is 1. The van der Waals surface area contributed by atoms with Gasteiger partial charge in [0.2, 0.25) is 0 Å². The Balaban J connectivity index is 1.18. The predicted octanol–water partition coefficient (Wildman–Crippen LogP) is 5.18. The molecule has 2 saturated heterocycles. The van der Waals surface area contributed by atoms with Crippen LogP contribution < -0.4 is 10.2 Å². The van der Waals surface area contributed by atoms with Crippen molar-refractivity contribution in [3.8, 4) is 0 Å². The predicted molar refractivity (Wildman–Crippen MR) is 157 cm³/mol. The number of hydrogen-bond acceptors (Lipinski definition) is 7. The van der Waals surface area contributed by atoms with Crippen LogP contribution in [-0.2, 0) is 9.47 Å². The Morgan fingerprint density at radius 1 is 1.07 bits per heavy atom. The molecule has 6 rings (SSSR count). The summed E-state index contributed by atoms with van der Waals surface area (Å²) >= 11 is 0. The highest BCUT2D eigenvalue weighted by atomic mass is 16.6. The molecule has 0 atom stereocenters. The molecule has 4 heterocycles. The number of piperidine rings is 1. The molecule has 1 aromatic carbocycles. The van der Waals surface area contributed by atoms with Gasteiger partial charge in [-0.25, -0.2) is 9.78 Å². The van der Waals surface area contributed by atoms with Crippen LogP contribution in [0.25, 0.3) is 10.9 Å². The fourth-order valence-electron chi connectivity index (χ4n) is 6.31. The van der Waals surface area contributed by atoms with Gasteiger partial charge in [-0.3, -0.25) is 9.48 Å². The first-order valence-electron chi connectivity index (χ1n) is 14.7. The van der Waals surface area contributed by atoms with Gasteiger partial charge in [0, 0.05) is 43.5 Å². The van der Waals surface area contributed by atoms with E-state index in [1.807, 2.05) is 50.8 Å². The van der Waals surface area contributed by atoms with Crippen LogP contribution in [-0.4, -0.2) is 76.7 Å². The number of anilines is 2. The van der Waals surface area contributed by atoms with Crippen molar-refractivity contribution in [1.29, 1.82) is 0 Å². The summed E-state index contributed by atoms with van der Waals surface area (Å²) in [6.07, 6.45) is 6.00. The fourth-order valence-corrected chi connectivity index (χ4v) is 6.31. The lowest BCUT2D eigenvalue weighted by molar-refractivity contribution is -0.0257. The van der Waals surface area contributed by atoms with Crippen molar-refractivity contribution in [3.05, 3.63) is 47.9 Å². The van der Waals surface area contributed by atoms with Crippen molar-refractivity contribution in [3.63, 3.8) is 0 Å². The maximum atomic E-state index is 13.1. The molecule has 41 heavy (non-hydrogen) atoms. The molecule has 3 aromatic rings. The van der Waals surface area contributed by atoms with E-state index in [0.29, 0.717) is 24.9 Å². The zero-order valence-electron chi connectivity index (χ0n) is 24.5. The summed E-state index contributed by atoms with van der Waals surface area (Å²) in [5.74, 6) is -0.228. The summed E-state index contributed by atoms with van der Waals surface area (Å²) in [7, 11) is 0. The average molecular weight is 561 g/mol. The number of fused-ring (bicyclic) bond motifs is 1. The van der Waals surface area contributed by atoms with E-state index >= 15 is 0 Å². The van der Waals surface area contributed by atoms with Crippen LogP contribution in [0.3, 0.4) is 0 Å². The number of pyridine rings is 1. The number of morpholine rings is 1. The lowest BCUT2D eigenvalue weighted by atomic mass is 9.60. The SMILES string of the molecule is Cc1cccc(C(=O)Nc2cc3cn(C4CC5(CCN(C(=O)OC(C)(C)C)CC5)C4)nc3cc2N2CCOCC2)n1. The number of nitrogens with one attached hydrogen (secondary N) is 1. The highest BCUT2D eigenvalue weighted by Gasteiger charge is 2.47. The third-order valence-corrected chi connectivity index (χ3v) is 8.55. The van der Waals surface area contributed by atoms with Crippen LogP contribution in [0.1, 0.15) is 68.7 Å². The molecule has 0 unspecified atom stereocenters. The van der Waals surface area contributed by atoms with Crippen molar-refractivity contribution in [2.24, 2.45) is 5.41 Å². The van der Waals surface area contributed by atoms with E-state index in [-0.39, 0.29) is 17.4 Å². The van der Waals surface area contributed by atoms with Crippen LogP contribution >= 0.6 is 0 Å². The Labute approximate surface area is 241 Å². The van der Waals surface area contributed by atoms with Gasteiger partial charge in [-0.2, -0.15) is 5.10 Å². The van der Waals surface area contributed by atoms with Crippen LogP contribution in [0.2, 0.25) is 0 Å². The van der Waals surface area contributed by atoms with Crippen LogP contribution in [0.15, 0.2) is 36.5 Å². The number of carbonyl (C=O) groups is 2. The average Bonchev–Trinajstić information content (AvgIpc) is 3.33. The van der Waals surface area contributed by atoms with Crippen molar-refractivity contribution in [1.82, 2.24) is 19.7 Å². The standard InChI is InChI=1S/C31H40N6O4/c1-21-6-5-7-24(32-21)28(38)33-26-16-22-20-37(34-25(22)17-27(26)35-12-14-40-15-13-35)23-18-31(19-23)8-10-36(11-9-31)29(39)41-30(2,3)4/h5-7,16-17,20,23H,8-15,18-19H2,1-4H3,(H,33,38). The van der Waals surface area contributed by atoms with Gasteiger partial charge in [-0.05, 0) is 83.1 Å². The number of nitrogens with zero attached hydrogens (tertiary/aromatic N) is 5. The normalized spacial score (nSPS) is 19.3. The van der Waals surface area contributed by atoms with Crippen molar-refractivity contribution in [2.45, 2.75) is 65.0 Å². The number of ether oxygens (including phenoxy) is 2. The van der Waals surface area contributed by atoms with Gasteiger partial charge >= 0.3 is 6.09 Å². The molecule has 0 bridgehead atoms. The van der Waals surface area contributed by atoms with Gasteiger partial charge in [0.15, 0.2) is 0 Å². The summed E-state index contributed by atoms with van der Waals surface area (Å²) in [6.45, 7) is 11.9. The highest BCUT2D eigenvalue weighted by Crippen LogP contribution is 2.54. The molecule has 10 nitrogen and oxygen atoms in total. The maximum absolute atomic E-state index is 13.1. The first-order chi connectivity index (χ1) is 19.6. The molecule has 2 aromatic heterocycles. The van der Waals surface area contributed by atoms with E-state index in [1.54, 1.807) is 6.07 Å². The summed E-state index contributed by atoms with van der Waals surface area (Å²) < 4.78 is 13.3. The molecule has 10 heteroatoms. The summed E-state index contributed by atoms with van der Waals surface area (Å²) in [6, 6.07) is 9.91. The van der Waals surface area contributed by atoms with Crippen molar-refractivity contribution in [2.75, 3.05) is 49.6 Å². The van der Waals surface area contributed by atoms with E-state index < -0.39 is 5.60 Å². The molecule has 1 N–H and O–H groups in total. The third kappa shape index (κ3) is 5.88. The number of hydrogen-bond donors (Lipinski definition) is 1. The number of aromatic nitrogens is 3. The Morgan fingerprint density at radius 3 is 2.49 bits per heavy atom. The molecule has 1 aliphatic carbocycles. The molecule has 3 fully saturated rings. The highest BCUT2D eigenvalue weighted by molar-refractivity contribution is 6.06. The Hall–Kier alpha value is -3.66. The number of rotatable bonds is 4. The van der Waals surface area contributed by atoms with E-state index in [2.05, 4.69) is 32.1 Å². The smallest absolute Gasteiger partial charge is 0.410 e. The molecule has 3 aliphatic rings. The van der Waals surface area contributed by atoms with E-state index in [1.165, 1.54) is 0 Å². The molecule has 218 valence electrons. The van der Waals surface area contributed by atoms with Crippen LogP contribution in [0.4, 0.5) is 16.2 Å². The second kappa shape index (κ2) is 10.6. The van der Waals surface area contributed by atoms with Gasteiger partial charge in [0.1, 0.15) is 11.3 Å². The second-order valence-corrected chi connectivity index (χ2v) is 12.8. The van der Waals surface area contributed by atoms with Gasteiger partial charge in [0.05, 0.1) is 36.1 Å². The molecule has 1 spiro atoms. The topological polar surface area (TPSA) is 102 Å². The summed E-state index contributed by atoms with van der Waals surface area (Å²) in [5.41, 5.74) is 3.61. The molecular weight excluding hydrogens is 520 g/mol. The Morgan fingerprint density at radius 2 is 1.80 bits per heavy atom. The van der Waals surface area contributed by atoms with Gasteiger partial charge < -0.3 is 24.6 Å². The first-order valence-corrected chi connectivity index (χ1v) is 14.7. The van der Waals surface area contributed by atoms with E-state index in [0.717, 1.165) is 79.8 Å². The second-order valence-electron chi connectivity index (χ2n) is 12.8. The number of carbonyl (C=O) groups excluding carboxylic acids is 2. The van der Waals surface area contributed by atoms with Gasteiger partial charge in [-0.15, -0.1) is 0 Å². The van der Waals surface area contributed by atoms with Crippen molar-refractivity contribution >= 4 is 34.3 Å². The van der Waals surface area contributed by atoms with Gasteiger partial charge in [-0.1, -0.05) is 6.07 Å². The number of likely N-dealkylation sites (tertiary alicyclic amines) is 1. The quantitative estimate of drug-likeness (QED) is 0.469. The molecule has 2 aliphatic heterocycles. The lowest BCUT2D eigenvalue weighted by Gasteiger charge is -2.52. The molecule has 2 amide bonds. The number of amides is 2. The van der Waals surface area contributed by atoms with Crippen LogP contribution in [0.5, 0.6) is 0 Å². The fraction of sp³-hybridized carbons (Fsp3) is 0.548. The lowest BCUT2D eigenvalue weighted by Crippen LogP contribution is -2.50. The minimum Gasteiger partial charge on any atom is -0.444 e. The molecular formula is C31H40N6O4. The molecule has 0 radical (unpaired) electrons. The summed E-state index contributed by atoms with van der Waals surface area (Å²) in [5, 5.41) is 9.11. The minimum atomic E-state index is -0.475. The van der Waals surface area contributed by atoms with E-state index in [9.17, 15) is 9.59 Å². The van der Waals surface area contributed by atoms with Crippen LogP contribution in [0, 0.1) is 12.3 Å². The monoisotopic (exact) mass is 560 g/mol. The molecule has 1 saturated carbocycles. The largest absolute Gasteiger partial charge is 0.444 e. The maximum Gasteiger partial charge on any atom is 0.410 e. The Bertz CT molecular complexity index is 1440. The van der Waals surface area contributed by atoms with Crippen molar-refractivity contribution < 1.29 is 19.1 Å². The zero-order valence-corrected chi connectivity index (χ0v) is 24.5.